The van der Waals surface area contributed by atoms with Crippen LogP contribution in [-0.4, -0.2) is 47.1 Å². The van der Waals surface area contributed by atoms with E-state index in [1.807, 2.05) is 0 Å². The number of aromatic hydroxyl groups is 1. The first-order chi connectivity index (χ1) is 8.94. The van der Waals surface area contributed by atoms with Gasteiger partial charge in [0.15, 0.2) is 0 Å². The zero-order valence-corrected chi connectivity index (χ0v) is 12.6. The van der Waals surface area contributed by atoms with Gasteiger partial charge in [0.1, 0.15) is 5.75 Å². The van der Waals surface area contributed by atoms with Crippen molar-refractivity contribution in [2.24, 2.45) is 0 Å². The summed E-state index contributed by atoms with van der Waals surface area (Å²) in [6.45, 7) is 10.2. The lowest BCUT2D eigenvalue weighted by Crippen LogP contribution is -2.58. The molecule has 0 radical (unpaired) electrons. The van der Waals surface area contributed by atoms with E-state index in [9.17, 15) is 5.11 Å². The summed E-state index contributed by atoms with van der Waals surface area (Å²) in [7, 11) is 2.21. The summed E-state index contributed by atoms with van der Waals surface area (Å²) < 4.78 is 0. The smallest absolute Gasteiger partial charge is 0.115 e. The highest BCUT2D eigenvalue weighted by atomic mass is 16.3. The highest BCUT2D eigenvalue weighted by molar-refractivity contribution is 5.28. The number of likely N-dealkylation sites (N-methyl/N-ethyl adjacent to an activating group) is 1. The molecule has 2 rings (SSSR count). The van der Waals surface area contributed by atoms with E-state index in [0.717, 1.165) is 26.1 Å². The minimum atomic E-state index is 0.225. The van der Waals surface area contributed by atoms with Crippen LogP contribution in [0.15, 0.2) is 24.3 Å². The van der Waals surface area contributed by atoms with Crippen molar-refractivity contribution in [1.82, 2.24) is 9.80 Å². The van der Waals surface area contributed by atoms with Crippen molar-refractivity contribution in [1.29, 1.82) is 0 Å². The summed E-state index contributed by atoms with van der Waals surface area (Å²) in [6, 6.07) is 8.13. The average Bonchev–Trinajstić information content (AvgIpc) is 2.36. The van der Waals surface area contributed by atoms with E-state index in [4.69, 9.17) is 0 Å². The average molecular weight is 262 g/mol. The zero-order valence-electron chi connectivity index (χ0n) is 12.6. The van der Waals surface area contributed by atoms with Crippen LogP contribution in [0.1, 0.15) is 38.8 Å². The summed E-state index contributed by atoms with van der Waals surface area (Å²) in [5.74, 6) is 0.345. The Bertz CT molecular complexity index is 413. The summed E-state index contributed by atoms with van der Waals surface area (Å²) >= 11 is 0. The Balaban J connectivity index is 2.16. The maximum absolute atomic E-state index is 9.42. The monoisotopic (exact) mass is 262 g/mol. The van der Waals surface area contributed by atoms with Crippen LogP contribution in [0.5, 0.6) is 5.75 Å². The van der Waals surface area contributed by atoms with Gasteiger partial charge in [0.25, 0.3) is 0 Å². The van der Waals surface area contributed by atoms with Gasteiger partial charge in [-0.3, -0.25) is 9.80 Å². The van der Waals surface area contributed by atoms with Crippen molar-refractivity contribution in [3.05, 3.63) is 29.8 Å². The van der Waals surface area contributed by atoms with Crippen LogP contribution in [-0.2, 0) is 0 Å². The highest BCUT2D eigenvalue weighted by Crippen LogP contribution is 2.30. The molecule has 1 atom stereocenters. The van der Waals surface area contributed by atoms with E-state index in [-0.39, 0.29) is 5.54 Å². The Labute approximate surface area is 116 Å². The highest BCUT2D eigenvalue weighted by Gasteiger charge is 2.33. The third-order valence-corrected chi connectivity index (χ3v) is 4.45. The van der Waals surface area contributed by atoms with E-state index in [2.05, 4.69) is 49.8 Å². The molecule has 1 aromatic rings. The molecule has 106 valence electrons. The van der Waals surface area contributed by atoms with E-state index in [1.165, 1.54) is 5.56 Å². The first-order valence-corrected chi connectivity index (χ1v) is 7.18. The predicted molar refractivity (Wildman–Crippen MR) is 79.4 cm³/mol. The first-order valence-electron chi connectivity index (χ1n) is 7.18. The predicted octanol–water partition coefficient (Wildman–Crippen LogP) is 2.87. The molecule has 1 aliphatic rings. The normalized spacial score (nSPS) is 22.3. The summed E-state index contributed by atoms with van der Waals surface area (Å²) in [5, 5.41) is 9.42. The molecule has 1 N–H and O–H groups in total. The minimum absolute atomic E-state index is 0.225. The van der Waals surface area contributed by atoms with Crippen LogP contribution in [0.2, 0.25) is 0 Å². The van der Waals surface area contributed by atoms with E-state index < -0.39 is 0 Å². The fourth-order valence-corrected chi connectivity index (χ4v) is 2.95. The molecule has 3 heteroatoms. The molecular weight excluding hydrogens is 236 g/mol. The standard InChI is InChI=1S/C16H26N2O/c1-5-15(13-6-8-14(19)9-7-13)18-11-10-17(4)16(2,3)12-18/h6-9,15,19H,5,10-12H2,1-4H3. The quantitative estimate of drug-likeness (QED) is 0.907. The van der Waals surface area contributed by atoms with Crippen molar-refractivity contribution in [3.8, 4) is 5.75 Å². The van der Waals surface area contributed by atoms with Crippen LogP contribution in [0, 0.1) is 0 Å². The van der Waals surface area contributed by atoms with Gasteiger partial charge in [-0.1, -0.05) is 19.1 Å². The molecular formula is C16H26N2O. The number of rotatable bonds is 3. The number of piperazine rings is 1. The molecule has 0 saturated carbocycles. The summed E-state index contributed by atoms with van der Waals surface area (Å²) in [6.07, 6.45) is 1.10. The van der Waals surface area contributed by atoms with Crippen LogP contribution >= 0.6 is 0 Å². The Hall–Kier alpha value is -1.06. The third-order valence-electron chi connectivity index (χ3n) is 4.45. The number of hydrogen-bond donors (Lipinski definition) is 1. The number of phenolic OH excluding ortho intramolecular Hbond substituents is 1. The lowest BCUT2D eigenvalue weighted by Gasteiger charge is -2.48. The molecule has 1 unspecified atom stereocenters. The maximum atomic E-state index is 9.42. The molecule has 19 heavy (non-hydrogen) atoms. The third kappa shape index (κ3) is 3.10. The molecule has 1 fully saturated rings. The van der Waals surface area contributed by atoms with Gasteiger partial charge in [-0.15, -0.1) is 0 Å². The van der Waals surface area contributed by atoms with Crippen LogP contribution < -0.4 is 0 Å². The Morgan fingerprint density at radius 2 is 1.84 bits per heavy atom. The fraction of sp³-hybridized carbons (Fsp3) is 0.625. The molecule has 0 spiro atoms. The van der Waals surface area contributed by atoms with Gasteiger partial charge in [-0.05, 0) is 45.0 Å². The van der Waals surface area contributed by atoms with Gasteiger partial charge in [-0.25, -0.2) is 0 Å². The lowest BCUT2D eigenvalue weighted by molar-refractivity contribution is 0.0151. The number of nitrogens with zero attached hydrogens (tertiary/aromatic N) is 2. The van der Waals surface area contributed by atoms with Gasteiger partial charge in [0.2, 0.25) is 0 Å². The van der Waals surface area contributed by atoms with Crippen LogP contribution in [0.3, 0.4) is 0 Å². The molecule has 0 bridgehead atoms. The maximum Gasteiger partial charge on any atom is 0.115 e. The zero-order chi connectivity index (χ0) is 14.0. The van der Waals surface area contributed by atoms with Crippen LogP contribution in [0.4, 0.5) is 0 Å². The summed E-state index contributed by atoms with van der Waals surface area (Å²) in [4.78, 5) is 5.01. The van der Waals surface area contributed by atoms with Gasteiger partial charge >= 0.3 is 0 Å². The van der Waals surface area contributed by atoms with E-state index in [1.54, 1.807) is 12.1 Å². The number of phenols is 1. The molecule has 0 aromatic heterocycles. The second-order valence-corrected chi connectivity index (χ2v) is 6.22. The first kappa shape index (κ1) is 14.4. The van der Waals surface area contributed by atoms with Crippen molar-refractivity contribution in [2.75, 3.05) is 26.7 Å². The van der Waals surface area contributed by atoms with Crippen LogP contribution in [0.25, 0.3) is 0 Å². The molecule has 3 nitrogen and oxygen atoms in total. The fourth-order valence-electron chi connectivity index (χ4n) is 2.95. The van der Waals surface area contributed by atoms with Crippen molar-refractivity contribution < 1.29 is 5.11 Å². The molecule has 1 aliphatic heterocycles. The van der Waals surface area contributed by atoms with Gasteiger partial charge in [-0.2, -0.15) is 0 Å². The SMILES string of the molecule is CCC(c1ccc(O)cc1)N1CCN(C)C(C)(C)C1. The van der Waals surface area contributed by atoms with Gasteiger partial charge in [0, 0.05) is 31.2 Å². The van der Waals surface area contributed by atoms with E-state index in [0.29, 0.717) is 11.8 Å². The Kier molecular flexibility index (Phi) is 4.16. The molecule has 1 saturated heterocycles. The topological polar surface area (TPSA) is 26.7 Å². The Morgan fingerprint density at radius 3 is 2.37 bits per heavy atom. The van der Waals surface area contributed by atoms with E-state index >= 15 is 0 Å². The molecule has 0 amide bonds. The second-order valence-electron chi connectivity index (χ2n) is 6.22. The molecule has 1 aromatic carbocycles. The largest absolute Gasteiger partial charge is 0.508 e. The lowest BCUT2D eigenvalue weighted by atomic mass is 9.95. The minimum Gasteiger partial charge on any atom is -0.508 e. The van der Waals surface area contributed by atoms with Gasteiger partial charge < -0.3 is 5.11 Å². The number of hydrogen-bond acceptors (Lipinski definition) is 3. The Morgan fingerprint density at radius 1 is 1.21 bits per heavy atom. The van der Waals surface area contributed by atoms with Gasteiger partial charge in [0.05, 0.1) is 0 Å². The van der Waals surface area contributed by atoms with Crippen molar-refractivity contribution in [2.45, 2.75) is 38.8 Å². The number of benzene rings is 1. The van der Waals surface area contributed by atoms with Crippen molar-refractivity contribution >= 4 is 0 Å². The molecule has 0 aliphatic carbocycles. The second kappa shape index (κ2) is 5.51. The summed E-state index contributed by atoms with van der Waals surface area (Å²) in [5.41, 5.74) is 1.53. The van der Waals surface area contributed by atoms with Crippen molar-refractivity contribution in [3.63, 3.8) is 0 Å². The molecule has 1 heterocycles.